The van der Waals surface area contributed by atoms with E-state index in [0.29, 0.717) is 21.7 Å². The third kappa shape index (κ3) is 1.03. The van der Waals surface area contributed by atoms with Crippen LogP contribution in [0.25, 0.3) is 0 Å². The first-order chi connectivity index (χ1) is 6.47. The maximum atomic E-state index is 2.50. The molecule has 0 spiro atoms. The molecule has 88 valence electrons. The maximum Gasteiger partial charge on any atom is -0.0120 e. The maximum absolute atomic E-state index is 2.50. The first-order valence-corrected chi connectivity index (χ1v) is 7.39. The molecular formula is C14H27P. The molecule has 15 heavy (non-hydrogen) atoms. The Morgan fingerprint density at radius 3 is 0.867 bits per heavy atom. The van der Waals surface area contributed by atoms with Crippen LogP contribution in [0.1, 0.15) is 55.4 Å². The standard InChI is InChI=1S/C14H27P/c1-11(2)9-13(5,6)14(7,8)10(15-9)12(11,3)4/h9-10,15H,1-8H3. The van der Waals surface area contributed by atoms with E-state index < -0.39 is 0 Å². The highest BCUT2D eigenvalue weighted by molar-refractivity contribution is 7.41. The van der Waals surface area contributed by atoms with E-state index in [2.05, 4.69) is 55.4 Å². The summed E-state index contributed by atoms with van der Waals surface area (Å²) in [5.74, 6) is 0. The van der Waals surface area contributed by atoms with Gasteiger partial charge in [0.1, 0.15) is 0 Å². The van der Waals surface area contributed by atoms with Crippen LogP contribution < -0.4 is 0 Å². The SMILES string of the molecule is CC1(C)C2PC(C1(C)C)C(C)(C)C2(C)C. The van der Waals surface area contributed by atoms with Crippen LogP contribution in [0.15, 0.2) is 0 Å². The van der Waals surface area contributed by atoms with Crippen LogP contribution in [-0.4, -0.2) is 11.3 Å². The minimum absolute atomic E-state index is 0.509. The van der Waals surface area contributed by atoms with Crippen molar-refractivity contribution >= 4 is 8.58 Å². The highest BCUT2D eigenvalue weighted by atomic mass is 31.1. The van der Waals surface area contributed by atoms with Gasteiger partial charge in [0.05, 0.1) is 0 Å². The number of hydrogen-bond donors (Lipinski definition) is 0. The van der Waals surface area contributed by atoms with Crippen LogP contribution in [0, 0.1) is 21.7 Å². The lowest BCUT2D eigenvalue weighted by Gasteiger charge is -2.59. The second-order valence-electron chi connectivity index (χ2n) is 7.92. The largest absolute Gasteiger partial charge is 0.113 e. The molecule has 2 aliphatic heterocycles. The van der Waals surface area contributed by atoms with Crippen molar-refractivity contribution in [3.8, 4) is 0 Å². The van der Waals surface area contributed by atoms with Crippen LogP contribution in [0.4, 0.5) is 0 Å². The molecule has 2 fully saturated rings. The van der Waals surface area contributed by atoms with Gasteiger partial charge in [-0.3, -0.25) is 0 Å². The van der Waals surface area contributed by atoms with E-state index in [1.807, 2.05) is 0 Å². The average molecular weight is 226 g/mol. The zero-order valence-electron chi connectivity index (χ0n) is 11.7. The zero-order chi connectivity index (χ0) is 11.9. The summed E-state index contributed by atoms with van der Waals surface area (Å²) in [7, 11) is 1.17. The monoisotopic (exact) mass is 226 g/mol. The van der Waals surface area contributed by atoms with Gasteiger partial charge in [0.25, 0.3) is 0 Å². The topological polar surface area (TPSA) is 0 Å². The predicted molar refractivity (Wildman–Crippen MR) is 71.0 cm³/mol. The quantitative estimate of drug-likeness (QED) is 0.532. The van der Waals surface area contributed by atoms with Crippen LogP contribution in [-0.2, 0) is 0 Å². The third-order valence-corrected chi connectivity index (χ3v) is 10.1. The van der Waals surface area contributed by atoms with Crippen molar-refractivity contribution in [1.82, 2.24) is 0 Å². The predicted octanol–water partition coefficient (Wildman–Crippen LogP) is 4.53. The molecule has 0 unspecified atom stereocenters. The molecule has 0 nitrogen and oxygen atoms in total. The zero-order valence-corrected chi connectivity index (χ0v) is 12.7. The second-order valence-corrected chi connectivity index (χ2v) is 9.41. The van der Waals surface area contributed by atoms with Crippen molar-refractivity contribution in [3.05, 3.63) is 0 Å². The molecular weight excluding hydrogens is 199 g/mol. The van der Waals surface area contributed by atoms with Gasteiger partial charge in [0.15, 0.2) is 0 Å². The van der Waals surface area contributed by atoms with Crippen LogP contribution in [0.3, 0.4) is 0 Å². The molecule has 0 radical (unpaired) electrons. The highest BCUT2D eigenvalue weighted by Gasteiger charge is 2.71. The van der Waals surface area contributed by atoms with Crippen LogP contribution >= 0.6 is 8.58 Å². The smallest absolute Gasteiger partial charge is 0.0120 e. The second kappa shape index (κ2) is 2.63. The van der Waals surface area contributed by atoms with Gasteiger partial charge in [-0.05, 0) is 33.0 Å². The van der Waals surface area contributed by atoms with Crippen molar-refractivity contribution in [2.75, 3.05) is 0 Å². The van der Waals surface area contributed by atoms with Crippen molar-refractivity contribution in [2.24, 2.45) is 21.7 Å². The van der Waals surface area contributed by atoms with Crippen LogP contribution in [0.5, 0.6) is 0 Å². The van der Waals surface area contributed by atoms with Crippen molar-refractivity contribution < 1.29 is 0 Å². The fourth-order valence-electron chi connectivity index (χ4n) is 4.29. The number of hydrogen-bond acceptors (Lipinski definition) is 0. The summed E-state index contributed by atoms with van der Waals surface area (Å²) >= 11 is 0. The summed E-state index contributed by atoms with van der Waals surface area (Å²) < 4.78 is 0. The normalized spacial score (nSPS) is 44.8. The Morgan fingerprint density at radius 2 is 0.733 bits per heavy atom. The molecule has 0 N–H and O–H groups in total. The van der Waals surface area contributed by atoms with E-state index in [9.17, 15) is 0 Å². The molecule has 2 saturated heterocycles. The van der Waals surface area contributed by atoms with E-state index in [0.717, 1.165) is 11.3 Å². The third-order valence-electron chi connectivity index (χ3n) is 6.54. The van der Waals surface area contributed by atoms with Crippen LogP contribution in [0.2, 0.25) is 0 Å². The molecule has 2 heterocycles. The van der Waals surface area contributed by atoms with Gasteiger partial charge in [-0.25, -0.2) is 0 Å². The Balaban J connectivity index is 2.55. The van der Waals surface area contributed by atoms with E-state index in [4.69, 9.17) is 0 Å². The van der Waals surface area contributed by atoms with E-state index in [1.165, 1.54) is 8.58 Å². The van der Waals surface area contributed by atoms with Gasteiger partial charge in [0.2, 0.25) is 0 Å². The van der Waals surface area contributed by atoms with Gasteiger partial charge in [0, 0.05) is 0 Å². The lowest BCUT2D eigenvalue weighted by atomic mass is 9.45. The van der Waals surface area contributed by atoms with Gasteiger partial charge < -0.3 is 0 Å². The molecule has 0 amide bonds. The molecule has 0 saturated carbocycles. The average Bonchev–Trinajstić information content (AvgIpc) is 2.29. The first kappa shape index (κ1) is 11.9. The Kier molecular flexibility index (Phi) is 2.09. The van der Waals surface area contributed by atoms with E-state index >= 15 is 0 Å². The molecule has 0 aliphatic carbocycles. The molecule has 2 aliphatic rings. The Labute approximate surface area is 97.4 Å². The van der Waals surface area contributed by atoms with E-state index in [-0.39, 0.29) is 0 Å². The summed E-state index contributed by atoms with van der Waals surface area (Å²) in [5.41, 5.74) is 3.87. The first-order valence-electron chi connectivity index (χ1n) is 6.23. The summed E-state index contributed by atoms with van der Waals surface area (Å²) in [6.07, 6.45) is 0. The van der Waals surface area contributed by atoms with Gasteiger partial charge in [-0.1, -0.05) is 55.4 Å². The Morgan fingerprint density at radius 1 is 0.533 bits per heavy atom. The van der Waals surface area contributed by atoms with Gasteiger partial charge >= 0.3 is 0 Å². The molecule has 2 bridgehead atoms. The number of fused-ring (bicyclic) bond motifs is 2. The molecule has 0 atom stereocenters. The lowest BCUT2D eigenvalue weighted by molar-refractivity contribution is -0.0610. The van der Waals surface area contributed by atoms with Gasteiger partial charge in [-0.2, -0.15) is 0 Å². The highest BCUT2D eigenvalue weighted by Crippen LogP contribution is 2.79. The summed E-state index contributed by atoms with van der Waals surface area (Å²) in [6.45, 7) is 20.0. The molecule has 2 rings (SSSR count). The molecule has 1 heteroatoms. The fourth-order valence-corrected chi connectivity index (χ4v) is 7.78. The Hall–Kier alpha value is 0.430. The lowest BCUT2D eigenvalue weighted by Crippen LogP contribution is -2.58. The van der Waals surface area contributed by atoms with Crippen molar-refractivity contribution in [2.45, 2.75) is 66.7 Å². The minimum atomic E-state index is 0.509. The molecule has 0 aromatic carbocycles. The molecule has 0 aromatic rings. The summed E-state index contributed by atoms with van der Waals surface area (Å²) in [5, 5.41) is 0. The summed E-state index contributed by atoms with van der Waals surface area (Å²) in [4.78, 5) is 0. The van der Waals surface area contributed by atoms with Crippen molar-refractivity contribution in [3.63, 3.8) is 0 Å². The van der Waals surface area contributed by atoms with Gasteiger partial charge in [-0.15, -0.1) is 8.58 Å². The molecule has 0 aromatic heterocycles. The van der Waals surface area contributed by atoms with Crippen molar-refractivity contribution in [1.29, 1.82) is 0 Å². The van der Waals surface area contributed by atoms with E-state index in [1.54, 1.807) is 0 Å². The minimum Gasteiger partial charge on any atom is -0.113 e. The number of rotatable bonds is 0. The summed E-state index contributed by atoms with van der Waals surface area (Å²) in [6, 6.07) is 0. The fraction of sp³-hybridized carbons (Fsp3) is 1.00. The Bertz CT molecular complexity index is 238.